The molecule has 0 aromatic heterocycles. The Labute approximate surface area is 166 Å². The second-order valence-corrected chi connectivity index (χ2v) is 11.5. The number of hydrogen-bond donors (Lipinski definition) is 2. The first kappa shape index (κ1) is 21.3. The molecule has 3 nitrogen and oxygen atoms in total. The van der Waals surface area contributed by atoms with Gasteiger partial charge in [0, 0.05) is 5.92 Å². The lowest BCUT2D eigenvalue weighted by Crippen LogP contribution is -2.49. The van der Waals surface area contributed by atoms with Crippen LogP contribution < -0.4 is 0 Å². The van der Waals surface area contributed by atoms with Crippen LogP contribution in [0.1, 0.15) is 92.4 Å². The largest absolute Gasteiger partial charge is 0.390 e. The van der Waals surface area contributed by atoms with Gasteiger partial charge < -0.3 is 10.2 Å². The molecule has 0 amide bonds. The first-order valence-electron chi connectivity index (χ1n) is 11.4. The Morgan fingerprint density at radius 2 is 1.81 bits per heavy atom. The summed E-state index contributed by atoms with van der Waals surface area (Å²) in [7, 11) is 0. The molecule has 7 atom stereocenters. The molecule has 0 spiro atoms. The van der Waals surface area contributed by atoms with Gasteiger partial charge in [0.15, 0.2) is 5.78 Å². The zero-order chi connectivity index (χ0) is 20.0. The van der Waals surface area contributed by atoms with Crippen molar-refractivity contribution >= 4 is 5.78 Å². The smallest absolute Gasteiger partial charge is 0.161 e. The minimum atomic E-state index is -0.535. The van der Waals surface area contributed by atoms with Crippen molar-refractivity contribution in [2.24, 2.45) is 40.4 Å². The lowest BCUT2D eigenvalue weighted by atomic mass is 9.49. The van der Waals surface area contributed by atoms with Crippen LogP contribution in [-0.2, 0) is 4.79 Å². The fraction of sp³-hybridized carbons (Fsp3) is 0.958. The molecule has 0 aromatic rings. The Bertz CT molecular complexity index is 552. The molecule has 0 bridgehead atoms. The number of fused-ring (bicyclic) bond motifs is 3. The summed E-state index contributed by atoms with van der Waals surface area (Å²) in [6.45, 7) is 11.0. The molecular weight excluding hydrogens is 336 g/mol. The van der Waals surface area contributed by atoms with Crippen molar-refractivity contribution in [3.63, 3.8) is 0 Å². The van der Waals surface area contributed by atoms with Crippen LogP contribution in [0.25, 0.3) is 0 Å². The number of aliphatic hydroxyl groups is 2. The van der Waals surface area contributed by atoms with Crippen LogP contribution in [0.15, 0.2) is 0 Å². The highest BCUT2D eigenvalue weighted by atomic mass is 16.3. The van der Waals surface area contributed by atoms with Crippen LogP contribution in [0.5, 0.6) is 0 Å². The molecular formula is C24H42O3. The Morgan fingerprint density at radius 1 is 1.11 bits per heavy atom. The zero-order valence-corrected chi connectivity index (χ0v) is 18.3. The first-order chi connectivity index (χ1) is 12.5. The van der Waals surface area contributed by atoms with Crippen LogP contribution in [0.4, 0.5) is 0 Å². The molecule has 0 heterocycles. The van der Waals surface area contributed by atoms with Crippen LogP contribution in [0.3, 0.4) is 0 Å². The van der Waals surface area contributed by atoms with Gasteiger partial charge in [0.05, 0.1) is 5.60 Å². The van der Waals surface area contributed by atoms with Crippen LogP contribution in [0, 0.1) is 40.4 Å². The average molecular weight is 379 g/mol. The van der Waals surface area contributed by atoms with Crippen LogP contribution in [-0.4, -0.2) is 28.2 Å². The monoisotopic (exact) mass is 378 g/mol. The first-order valence-corrected chi connectivity index (χ1v) is 11.4. The summed E-state index contributed by atoms with van der Waals surface area (Å²) < 4.78 is 0. The van der Waals surface area contributed by atoms with E-state index in [4.69, 9.17) is 0 Å². The van der Waals surface area contributed by atoms with Crippen molar-refractivity contribution in [2.45, 2.75) is 98.0 Å². The maximum absolute atomic E-state index is 12.4. The Morgan fingerprint density at radius 3 is 2.44 bits per heavy atom. The average Bonchev–Trinajstić information content (AvgIpc) is 2.96. The highest BCUT2D eigenvalue weighted by Crippen LogP contribution is 2.64. The molecule has 0 radical (unpaired) electrons. The molecule has 0 saturated heterocycles. The number of hydrogen-bond acceptors (Lipinski definition) is 3. The summed E-state index contributed by atoms with van der Waals surface area (Å²) in [5, 5.41) is 20.0. The second-order valence-electron chi connectivity index (χ2n) is 11.5. The lowest BCUT2D eigenvalue weighted by molar-refractivity contribution is -0.133. The van der Waals surface area contributed by atoms with Crippen molar-refractivity contribution in [3.8, 4) is 0 Å². The van der Waals surface area contributed by atoms with Gasteiger partial charge in [0.1, 0.15) is 6.61 Å². The number of aliphatic hydroxyl groups excluding tert-OH is 1. The third-order valence-corrected chi connectivity index (χ3v) is 9.06. The molecule has 0 aliphatic heterocycles. The van der Waals surface area contributed by atoms with Gasteiger partial charge in [0.2, 0.25) is 0 Å². The number of ketones is 1. The normalized spacial score (nSPS) is 42.9. The standard InChI is InChI=1S/C24H42O3/c1-6-23(4,27)11-9-16-13-22(2,3)14-18-17(16)10-12-24(5)19(18)7-8-20(24)21(26)15-25/h16-20,25,27H,6-15H2,1-5H3. The van der Waals surface area contributed by atoms with E-state index in [1.165, 1.54) is 19.3 Å². The van der Waals surface area contributed by atoms with E-state index in [0.717, 1.165) is 44.4 Å². The van der Waals surface area contributed by atoms with Gasteiger partial charge in [-0.25, -0.2) is 0 Å². The fourth-order valence-electron chi connectivity index (χ4n) is 7.41. The Balaban J connectivity index is 1.80. The van der Waals surface area contributed by atoms with Crippen LogP contribution in [0.2, 0.25) is 0 Å². The SMILES string of the molecule is CCC(C)(O)CCC1CC(C)(C)CC2C1CCC1(C)C(C(=O)CO)CCC21. The number of carbonyl (C=O) groups excluding carboxylic acids is 1. The summed E-state index contributed by atoms with van der Waals surface area (Å²) in [6, 6.07) is 0. The lowest BCUT2D eigenvalue weighted by Gasteiger charge is -2.56. The number of Topliss-reactive ketones (excluding diaryl/α,β-unsaturated/α-hetero) is 1. The Kier molecular flexibility index (Phi) is 5.87. The van der Waals surface area contributed by atoms with Gasteiger partial charge in [-0.15, -0.1) is 0 Å². The predicted octanol–water partition coefficient (Wildman–Crippen LogP) is 4.98. The van der Waals surface area contributed by atoms with Gasteiger partial charge in [-0.1, -0.05) is 27.7 Å². The van der Waals surface area contributed by atoms with Gasteiger partial charge >= 0.3 is 0 Å². The summed E-state index contributed by atoms with van der Waals surface area (Å²) >= 11 is 0. The summed E-state index contributed by atoms with van der Waals surface area (Å²) in [6.07, 6.45) is 9.90. The maximum Gasteiger partial charge on any atom is 0.161 e. The van der Waals surface area contributed by atoms with Gasteiger partial charge in [-0.05, 0) is 99.2 Å². The molecule has 3 saturated carbocycles. The van der Waals surface area contributed by atoms with Crippen molar-refractivity contribution in [1.82, 2.24) is 0 Å². The predicted molar refractivity (Wildman–Crippen MR) is 109 cm³/mol. The van der Waals surface area contributed by atoms with E-state index in [-0.39, 0.29) is 23.7 Å². The molecule has 3 aliphatic carbocycles. The summed E-state index contributed by atoms with van der Waals surface area (Å²) in [5.74, 6) is 2.94. The molecule has 3 rings (SSSR count). The maximum atomic E-state index is 12.4. The fourth-order valence-corrected chi connectivity index (χ4v) is 7.41. The Hall–Kier alpha value is -0.410. The highest BCUT2D eigenvalue weighted by molar-refractivity contribution is 5.83. The van der Waals surface area contributed by atoms with Gasteiger partial charge in [-0.2, -0.15) is 0 Å². The topological polar surface area (TPSA) is 57.5 Å². The highest BCUT2D eigenvalue weighted by Gasteiger charge is 2.58. The van der Waals surface area contributed by atoms with E-state index in [1.54, 1.807) is 0 Å². The van der Waals surface area contributed by atoms with E-state index in [9.17, 15) is 15.0 Å². The van der Waals surface area contributed by atoms with E-state index < -0.39 is 5.60 Å². The summed E-state index contributed by atoms with van der Waals surface area (Å²) in [4.78, 5) is 12.4. The molecule has 156 valence electrons. The second kappa shape index (κ2) is 7.44. The molecule has 2 N–H and O–H groups in total. The van der Waals surface area contributed by atoms with E-state index in [1.807, 2.05) is 6.92 Å². The molecule has 27 heavy (non-hydrogen) atoms. The van der Waals surface area contributed by atoms with Crippen molar-refractivity contribution in [3.05, 3.63) is 0 Å². The number of carbonyl (C=O) groups is 1. The van der Waals surface area contributed by atoms with E-state index >= 15 is 0 Å². The van der Waals surface area contributed by atoms with Crippen molar-refractivity contribution in [1.29, 1.82) is 0 Å². The third kappa shape index (κ3) is 4.01. The van der Waals surface area contributed by atoms with Gasteiger partial charge in [0.25, 0.3) is 0 Å². The minimum absolute atomic E-state index is 0.0674. The molecule has 3 aliphatic rings. The van der Waals surface area contributed by atoms with Crippen molar-refractivity contribution in [2.75, 3.05) is 6.61 Å². The zero-order valence-electron chi connectivity index (χ0n) is 18.3. The quantitative estimate of drug-likeness (QED) is 0.685. The summed E-state index contributed by atoms with van der Waals surface area (Å²) in [5.41, 5.74) is -0.0959. The van der Waals surface area contributed by atoms with Gasteiger partial charge in [-0.3, -0.25) is 4.79 Å². The van der Waals surface area contributed by atoms with Crippen LogP contribution >= 0.6 is 0 Å². The molecule has 7 unspecified atom stereocenters. The minimum Gasteiger partial charge on any atom is -0.390 e. The molecule has 3 fully saturated rings. The van der Waals surface area contributed by atoms with E-state index in [0.29, 0.717) is 23.2 Å². The number of rotatable bonds is 6. The van der Waals surface area contributed by atoms with E-state index in [2.05, 4.69) is 27.7 Å². The molecule has 3 heteroatoms. The van der Waals surface area contributed by atoms with Crippen molar-refractivity contribution < 1.29 is 15.0 Å². The third-order valence-electron chi connectivity index (χ3n) is 9.06. The molecule has 0 aromatic carbocycles.